The van der Waals surface area contributed by atoms with Crippen LogP contribution in [0.1, 0.15) is 63.0 Å². The fourth-order valence-electron chi connectivity index (χ4n) is 3.19. The Morgan fingerprint density at radius 3 is 2.43 bits per heavy atom. The minimum absolute atomic E-state index is 0.687. The predicted molar refractivity (Wildman–Crippen MR) is 97.7 cm³/mol. The quantitative estimate of drug-likeness (QED) is 0.862. The summed E-state index contributed by atoms with van der Waals surface area (Å²) in [6.07, 6.45) is 8.79. The van der Waals surface area contributed by atoms with E-state index in [1.807, 2.05) is 18.2 Å². The Morgan fingerprint density at radius 2 is 1.87 bits per heavy atom. The van der Waals surface area contributed by atoms with Gasteiger partial charge in [0, 0.05) is 17.1 Å². The summed E-state index contributed by atoms with van der Waals surface area (Å²) < 4.78 is 0. The molecule has 0 atom stereocenters. The SMILES string of the molecule is CCN(C)CC.N#Cc1ccc2[nH]cc(C3CCCCC3)c2c1. The fourth-order valence-corrected chi connectivity index (χ4v) is 3.19. The lowest BCUT2D eigenvalue weighted by Crippen LogP contribution is -2.15. The van der Waals surface area contributed by atoms with Crippen LogP contribution in [-0.2, 0) is 0 Å². The Bertz CT molecular complexity index is 640. The van der Waals surface area contributed by atoms with E-state index in [1.54, 1.807) is 0 Å². The van der Waals surface area contributed by atoms with Gasteiger partial charge in [-0.3, -0.25) is 0 Å². The van der Waals surface area contributed by atoms with Crippen LogP contribution in [0.2, 0.25) is 0 Å². The Balaban J connectivity index is 0.000000277. The van der Waals surface area contributed by atoms with Crippen molar-refractivity contribution in [3.05, 3.63) is 35.5 Å². The third-order valence-corrected chi connectivity index (χ3v) is 4.97. The zero-order chi connectivity index (χ0) is 16.7. The zero-order valence-corrected chi connectivity index (χ0v) is 14.7. The van der Waals surface area contributed by atoms with Crippen LogP contribution in [0, 0.1) is 11.3 Å². The van der Waals surface area contributed by atoms with Crippen molar-refractivity contribution >= 4 is 10.9 Å². The number of rotatable bonds is 3. The normalized spacial score (nSPS) is 15.3. The van der Waals surface area contributed by atoms with Gasteiger partial charge in [0.05, 0.1) is 11.6 Å². The van der Waals surface area contributed by atoms with Crippen LogP contribution in [0.4, 0.5) is 0 Å². The minimum atomic E-state index is 0.687. The van der Waals surface area contributed by atoms with Gasteiger partial charge < -0.3 is 9.88 Å². The van der Waals surface area contributed by atoms with Crippen molar-refractivity contribution in [1.82, 2.24) is 9.88 Å². The third-order valence-electron chi connectivity index (χ3n) is 4.97. The van der Waals surface area contributed by atoms with E-state index in [9.17, 15) is 0 Å². The van der Waals surface area contributed by atoms with Crippen LogP contribution in [0.3, 0.4) is 0 Å². The highest BCUT2D eigenvalue weighted by Gasteiger charge is 2.18. The lowest BCUT2D eigenvalue weighted by molar-refractivity contribution is 0.373. The first kappa shape index (κ1) is 17.6. The van der Waals surface area contributed by atoms with Gasteiger partial charge in [-0.2, -0.15) is 5.26 Å². The molecular weight excluding hydrogens is 282 g/mol. The second-order valence-corrected chi connectivity index (χ2v) is 6.44. The number of fused-ring (bicyclic) bond motifs is 1. The maximum Gasteiger partial charge on any atom is 0.0991 e. The van der Waals surface area contributed by atoms with E-state index in [0.717, 1.165) is 24.2 Å². The van der Waals surface area contributed by atoms with E-state index in [0.29, 0.717) is 5.92 Å². The summed E-state index contributed by atoms with van der Waals surface area (Å²) in [5.41, 5.74) is 3.33. The van der Waals surface area contributed by atoms with Crippen molar-refractivity contribution in [1.29, 1.82) is 5.26 Å². The highest BCUT2D eigenvalue weighted by molar-refractivity contribution is 5.85. The summed E-state index contributed by atoms with van der Waals surface area (Å²) in [6.45, 7) is 6.64. The molecule has 0 aliphatic heterocycles. The molecule has 1 aliphatic rings. The molecule has 3 heteroatoms. The predicted octanol–water partition coefficient (Wildman–Crippen LogP) is 5.05. The first-order valence-electron chi connectivity index (χ1n) is 8.89. The number of benzene rings is 1. The fraction of sp³-hybridized carbons (Fsp3) is 0.550. The number of nitriles is 1. The van der Waals surface area contributed by atoms with E-state index in [1.165, 1.54) is 43.1 Å². The van der Waals surface area contributed by atoms with E-state index in [-0.39, 0.29) is 0 Å². The number of nitrogens with zero attached hydrogens (tertiary/aromatic N) is 2. The van der Waals surface area contributed by atoms with Crippen LogP contribution in [0.25, 0.3) is 10.9 Å². The molecule has 0 spiro atoms. The van der Waals surface area contributed by atoms with Crippen LogP contribution in [0.15, 0.2) is 24.4 Å². The number of aromatic nitrogens is 1. The van der Waals surface area contributed by atoms with Gasteiger partial charge in [-0.15, -0.1) is 0 Å². The highest BCUT2D eigenvalue weighted by Crippen LogP contribution is 2.36. The minimum Gasteiger partial charge on any atom is -0.361 e. The third kappa shape index (κ3) is 4.59. The van der Waals surface area contributed by atoms with E-state index in [4.69, 9.17) is 5.26 Å². The van der Waals surface area contributed by atoms with Crippen molar-refractivity contribution in [2.24, 2.45) is 0 Å². The molecule has 1 saturated carbocycles. The Morgan fingerprint density at radius 1 is 1.17 bits per heavy atom. The van der Waals surface area contributed by atoms with Gasteiger partial charge in [0.2, 0.25) is 0 Å². The molecule has 1 aromatic carbocycles. The van der Waals surface area contributed by atoms with Crippen molar-refractivity contribution in [3.63, 3.8) is 0 Å². The molecular formula is C20H29N3. The molecule has 2 aromatic rings. The Hall–Kier alpha value is -1.79. The topological polar surface area (TPSA) is 42.8 Å². The molecule has 3 nitrogen and oxygen atoms in total. The van der Waals surface area contributed by atoms with Crippen molar-refractivity contribution in [2.75, 3.05) is 20.1 Å². The maximum atomic E-state index is 8.98. The molecule has 0 radical (unpaired) electrons. The number of hydrogen-bond donors (Lipinski definition) is 1. The first-order chi connectivity index (χ1) is 11.2. The maximum absolute atomic E-state index is 8.98. The van der Waals surface area contributed by atoms with Gasteiger partial charge in [0.25, 0.3) is 0 Å². The Labute approximate surface area is 140 Å². The first-order valence-corrected chi connectivity index (χ1v) is 8.89. The smallest absolute Gasteiger partial charge is 0.0991 e. The van der Waals surface area contributed by atoms with Crippen molar-refractivity contribution in [3.8, 4) is 6.07 Å². The van der Waals surface area contributed by atoms with Crippen molar-refractivity contribution < 1.29 is 0 Å². The van der Waals surface area contributed by atoms with E-state index in [2.05, 4.69) is 43.0 Å². The van der Waals surface area contributed by atoms with Gasteiger partial charge in [-0.1, -0.05) is 33.1 Å². The van der Waals surface area contributed by atoms with Gasteiger partial charge in [0.1, 0.15) is 0 Å². The molecule has 1 heterocycles. The van der Waals surface area contributed by atoms with Gasteiger partial charge >= 0.3 is 0 Å². The van der Waals surface area contributed by atoms with Crippen LogP contribution >= 0.6 is 0 Å². The van der Waals surface area contributed by atoms with Crippen LogP contribution in [-0.4, -0.2) is 30.0 Å². The highest BCUT2D eigenvalue weighted by atomic mass is 15.1. The second-order valence-electron chi connectivity index (χ2n) is 6.44. The van der Waals surface area contributed by atoms with Gasteiger partial charge in [-0.05, 0) is 62.7 Å². The molecule has 0 saturated heterocycles. The number of H-pyrrole nitrogens is 1. The molecule has 0 amide bonds. The molecule has 3 rings (SSSR count). The van der Waals surface area contributed by atoms with Crippen LogP contribution in [0.5, 0.6) is 0 Å². The lowest BCUT2D eigenvalue weighted by Gasteiger charge is -2.21. The Kier molecular flexibility index (Phi) is 6.67. The second kappa shape index (κ2) is 8.74. The summed E-state index contributed by atoms with van der Waals surface area (Å²) >= 11 is 0. The average Bonchev–Trinajstić information content (AvgIpc) is 3.05. The molecule has 1 N–H and O–H groups in total. The molecule has 1 aromatic heterocycles. The monoisotopic (exact) mass is 311 g/mol. The summed E-state index contributed by atoms with van der Waals surface area (Å²) in [4.78, 5) is 5.58. The molecule has 1 aliphatic carbocycles. The van der Waals surface area contributed by atoms with E-state index >= 15 is 0 Å². The summed E-state index contributed by atoms with van der Waals surface area (Å²) in [6, 6.07) is 8.14. The molecule has 0 bridgehead atoms. The average molecular weight is 311 g/mol. The van der Waals surface area contributed by atoms with Crippen LogP contribution < -0.4 is 0 Å². The lowest BCUT2D eigenvalue weighted by atomic mass is 9.84. The van der Waals surface area contributed by atoms with Crippen molar-refractivity contribution in [2.45, 2.75) is 51.9 Å². The zero-order valence-electron chi connectivity index (χ0n) is 14.7. The standard InChI is InChI=1S/C15H16N2.C5H13N/c16-9-11-6-7-15-13(8-11)14(10-17-15)12-4-2-1-3-5-12;1-4-6(3)5-2/h6-8,10,12,17H,1-5H2;4-5H2,1-3H3. The molecule has 124 valence electrons. The van der Waals surface area contributed by atoms with Gasteiger partial charge in [0.15, 0.2) is 0 Å². The largest absolute Gasteiger partial charge is 0.361 e. The molecule has 1 fully saturated rings. The summed E-state index contributed by atoms with van der Waals surface area (Å²) in [5, 5.41) is 10.2. The number of aromatic amines is 1. The summed E-state index contributed by atoms with van der Waals surface area (Å²) in [5.74, 6) is 0.687. The summed E-state index contributed by atoms with van der Waals surface area (Å²) in [7, 11) is 2.11. The number of hydrogen-bond acceptors (Lipinski definition) is 2. The molecule has 23 heavy (non-hydrogen) atoms. The van der Waals surface area contributed by atoms with Gasteiger partial charge in [-0.25, -0.2) is 0 Å². The van der Waals surface area contributed by atoms with E-state index < -0.39 is 0 Å². The number of nitrogens with one attached hydrogen (secondary N) is 1. The molecule has 0 unspecified atom stereocenters.